The van der Waals surface area contributed by atoms with Gasteiger partial charge in [0.15, 0.2) is 5.78 Å². The maximum Gasteiger partial charge on any atom is 0.185 e. The zero-order chi connectivity index (χ0) is 13.0. The summed E-state index contributed by atoms with van der Waals surface area (Å²) in [6.45, 7) is 0. The molecule has 3 heteroatoms. The quantitative estimate of drug-likeness (QED) is 0.661. The normalized spacial score (nSPS) is 10.7. The lowest BCUT2D eigenvalue weighted by Crippen LogP contribution is -1.92. The Hall–Kier alpha value is -2.42. The van der Waals surface area contributed by atoms with E-state index >= 15 is 0 Å². The molecule has 0 heterocycles. The maximum absolute atomic E-state index is 12.9. The van der Waals surface area contributed by atoms with Gasteiger partial charge in [-0.05, 0) is 48.0 Å². The van der Waals surface area contributed by atoms with E-state index in [1.54, 1.807) is 18.2 Å². The van der Waals surface area contributed by atoms with Gasteiger partial charge in [0.1, 0.15) is 11.6 Å². The van der Waals surface area contributed by atoms with Gasteiger partial charge in [0, 0.05) is 5.56 Å². The van der Waals surface area contributed by atoms with Crippen LogP contribution < -0.4 is 0 Å². The molecule has 0 spiro atoms. The van der Waals surface area contributed by atoms with Crippen LogP contribution in [0, 0.1) is 5.82 Å². The van der Waals surface area contributed by atoms with Gasteiger partial charge in [0.2, 0.25) is 0 Å². The van der Waals surface area contributed by atoms with Gasteiger partial charge in [-0.1, -0.05) is 18.2 Å². The molecule has 0 aliphatic carbocycles. The number of phenols is 1. The first-order valence-corrected chi connectivity index (χ1v) is 5.42. The van der Waals surface area contributed by atoms with Crippen LogP contribution in [0.3, 0.4) is 0 Å². The number of hydrogen-bond acceptors (Lipinski definition) is 2. The lowest BCUT2D eigenvalue weighted by Gasteiger charge is -1.96. The van der Waals surface area contributed by atoms with Crippen LogP contribution >= 0.6 is 0 Å². The molecule has 0 unspecified atom stereocenters. The van der Waals surface area contributed by atoms with Crippen LogP contribution in [0.25, 0.3) is 6.08 Å². The highest BCUT2D eigenvalue weighted by molar-refractivity contribution is 6.06. The molecular weight excluding hydrogens is 231 g/mol. The van der Waals surface area contributed by atoms with Crippen LogP contribution in [0.15, 0.2) is 54.6 Å². The maximum atomic E-state index is 12.9. The van der Waals surface area contributed by atoms with Gasteiger partial charge >= 0.3 is 0 Å². The molecule has 0 fully saturated rings. The lowest BCUT2D eigenvalue weighted by atomic mass is 10.1. The van der Waals surface area contributed by atoms with Crippen LogP contribution in [0.5, 0.6) is 5.75 Å². The predicted octanol–water partition coefficient (Wildman–Crippen LogP) is 3.43. The number of halogens is 1. The van der Waals surface area contributed by atoms with Gasteiger partial charge in [0.05, 0.1) is 0 Å². The second kappa shape index (κ2) is 5.27. The molecule has 2 rings (SSSR count). The predicted molar refractivity (Wildman–Crippen MR) is 67.9 cm³/mol. The molecule has 2 nitrogen and oxygen atoms in total. The first-order valence-electron chi connectivity index (χ1n) is 5.42. The summed E-state index contributed by atoms with van der Waals surface area (Å²) in [5.41, 5.74) is 1.10. The molecule has 1 N–H and O–H groups in total. The monoisotopic (exact) mass is 242 g/mol. The van der Waals surface area contributed by atoms with Gasteiger partial charge in [-0.15, -0.1) is 0 Å². The average Bonchev–Trinajstić information content (AvgIpc) is 2.37. The molecule has 90 valence electrons. The van der Waals surface area contributed by atoms with Crippen molar-refractivity contribution >= 4 is 11.9 Å². The number of benzene rings is 2. The Kier molecular flexibility index (Phi) is 3.53. The first kappa shape index (κ1) is 12.0. The zero-order valence-electron chi connectivity index (χ0n) is 9.51. The highest BCUT2D eigenvalue weighted by atomic mass is 19.1. The number of phenolic OH excluding ortho intramolecular Hbond substituents is 1. The molecule has 0 aromatic heterocycles. The average molecular weight is 242 g/mol. The molecule has 0 saturated heterocycles. The van der Waals surface area contributed by atoms with Crippen molar-refractivity contribution in [1.29, 1.82) is 0 Å². The summed E-state index contributed by atoms with van der Waals surface area (Å²) in [7, 11) is 0. The van der Waals surface area contributed by atoms with Crippen LogP contribution in [0.4, 0.5) is 4.39 Å². The number of allylic oxidation sites excluding steroid dienone is 1. The topological polar surface area (TPSA) is 37.3 Å². The lowest BCUT2D eigenvalue weighted by molar-refractivity contribution is 0.104. The summed E-state index contributed by atoms with van der Waals surface area (Å²) >= 11 is 0. The Morgan fingerprint density at radius 3 is 2.50 bits per heavy atom. The first-order chi connectivity index (χ1) is 8.65. The molecular formula is C15H11FO2. The van der Waals surface area contributed by atoms with Gasteiger partial charge in [-0.25, -0.2) is 4.39 Å². The SMILES string of the molecule is O=C(C=Cc1cccc(F)c1)c1ccc(O)cc1. The highest BCUT2D eigenvalue weighted by Gasteiger charge is 2.01. The number of hydrogen-bond donors (Lipinski definition) is 1. The minimum atomic E-state index is -0.339. The molecule has 2 aromatic carbocycles. The van der Waals surface area contributed by atoms with Crippen LogP contribution in [-0.4, -0.2) is 10.9 Å². The van der Waals surface area contributed by atoms with E-state index in [0.29, 0.717) is 11.1 Å². The Morgan fingerprint density at radius 1 is 1.11 bits per heavy atom. The van der Waals surface area contributed by atoms with Crippen LogP contribution in [-0.2, 0) is 0 Å². The van der Waals surface area contributed by atoms with Crippen molar-refractivity contribution in [2.75, 3.05) is 0 Å². The zero-order valence-corrected chi connectivity index (χ0v) is 9.51. The van der Waals surface area contributed by atoms with Crippen molar-refractivity contribution < 1.29 is 14.3 Å². The molecule has 0 amide bonds. The highest BCUT2D eigenvalue weighted by Crippen LogP contribution is 2.11. The summed E-state index contributed by atoms with van der Waals surface area (Å²) in [5, 5.41) is 9.11. The van der Waals surface area contributed by atoms with E-state index in [-0.39, 0.29) is 17.3 Å². The Morgan fingerprint density at radius 2 is 1.83 bits per heavy atom. The number of aromatic hydroxyl groups is 1. The van der Waals surface area contributed by atoms with Crippen LogP contribution in [0.1, 0.15) is 15.9 Å². The second-order valence-electron chi connectivity index (χ2n) is 3.80. The van der Waals surface area contributed by atoms with Crippen molar-refractivity contribution in [2.45, 2.75) is 0 Å². The van der Waals surface area contributed by atoms with E-state index in [1.807, 2.05) is 0 Å². The molecule has 0 aliphatic heterocycles. The standard InChI is InChI=1S/C15H11FO2/c16-13-3-1-2-11(10-13)4-9-15(18)12-5-7-14(17)8-6-12/h1-10,17H. The van der Waals surface area contributed by atoms with Crippen molar-refractivity contribution in [3.63, 3.8) is 0 Å². The third kappa shape index (κ3) is 3.04. The smallest absolute Gasteiger partial charge is 0.185 e. The minimum absolute atomic E-state index is 0.112. The molecule has 2 aromatic rings. The molecule has 0 atom stereocenters. The van der Waals surface area contributed by atoms with E-state index in [9.17, 15) is 9.18 Å². The molecule has 0 radical (unpaired) electrons. The molecule has 0 bridgehead atoms. The van der Waals surface area contributed by atoms with Gasteiger partial charge in [0.25, 0.3) is 0 Å². The van der Waals surface area contributed by atoms with Gasteiger partial charge in [-0.2, -0.15) is 0 Å². The minimum Gasteiger partial charge on any atom is -0.508 e. The summed E-state index contributed by atoms with van der Waals surface area (Å²) in [6, 6.07) is 12.0. The number of carbonyl (C=O) groups is 1. The number of carbonyl (C=O) groups excluding carboxylic acids is 1. The van der Waals surface area contributed by atoms with E-state index < -0.39 is 0 Å². The summed E-state index contributed by atoms with van der Waals surface area (Å²) in [6.07, 6.45) is 2.93. The molecule has 0 aliphatic rings. The molecule has 0 saturated carbocycles. The summed E-state index contributed by atoms with van der Waals surface area (Å²) in [4.78, 5) is 11.8. The van der Waals surface area contributed by atoms with Crippen molar-refractivity contribution in [3.8, 4) is 5.75 Å². The van der Waals surface area contributed by atoms with Crippen molar-refractivity contribution in [2.24, 2.45) is 0 Å². The Balaban J connectivity index is 2.14. The van der Waals surface area contributed by atoms with E-state index in [2.05, 4.69) is 0 Å². The number of ketones is 1. The third-order valence-corrected chi connectivity index (χ3v) is 2.43. The van der Waals surface area contributed by atoms with E-state index in [1.165, 1.54) is 42.5 Å². The Bertz CT molecular complexity index is 586. The third-order valence-electron chi connectivity index (χ3n) is 2.43. The summed E-state index contributed by atoms with van der Waals surface area (Å²) in [5.74, 6) is -0.422. The van der Waals surface area contributed by atoms with Crippen molar-refractivity contribution in [3.05, 3.63) is 71.6 Å². The fourth-order valence-electron chi connectivity index (χ4n) is 1.50. The van der Waals surface area contributed by atoms with Gasteiger partial charge in [-0.3, -0.25) is 4.79 Å². The van der Waals surface area contributed by atoms with E-state index in [4.69, 9.17) is 5.11 Å². The summed E-state index contributed by atoms with van der Waals surface area (Å²) < 4.78 is 12.9. The Labute approximate surface area is 104 Å². The van der Waals surface area contributed by atoms with Crippen LogP contribution in [0.2, 0.25) is 0 Å². The number of rotatable bonds is 3. The van der Waals surface area contributed by atoms with Crippen molar-refractivity contribution in [1.82, 2.24) is 0 Å². The van der Waals surface area contributed by atoms with Gasteiger partial charge < -0.3 is 5.11 Å². The molecule has 18 heavy (non-hydrogen) atoms. The van der Waals surface area contributed by atoms with E-state index in [0.717, 1.165) is 0 Å². The second-order valence-corrected chi connectivity index (χ2v) is 3.80. The fraction of sp³-hybridized carbons (Fsp3) is 0. The fourth-order valence-corrected chi connectivity index (χ4v) is 1.50. The largest absolute Gasteiger partial charge is 0.508 e.